The maximum Gasteiger partial charge on any atom is 0.326 e. The molecule has 15 heavy (non-hydrogen) atoms. The molecule has 0 aromatic carbocycles. The zero-order valence-corrected chi connectivity index (χ0v) is 9.54. The molecule has 1 aromatic rings. The third kappa shape index (κ3) is 3.56. The number of oxazole rings is 1. The molecule has 0 radical (unpaired) electrons. The summed E-state index contributed by atoms with van der Waals surface area (Å²) < 4.78 is 9.86. The van der Waals surface area contributed by atoms with Crippen LogP contribution in [0, 0.1) is 0 Å². The molecule has 84 valence electrons. The Bertz CT molecular complexity index is 311. The molecule has 1 heterocycles. The molecule has 0 spiro atoms. The standard InChI is InChI=1S/C9H14N2O3S/c1-3-13-7(12)9(2,10)6-15-8-11-4-5-14-8/h4-5H,3,6,10H2,1-2H3. The van der Waals surface area contributed by atoms with E-state index in [1.807, 2.05) is 0 Å². The largest absolute Gasteiger partial charge is 0.465 e. The summed E-state index contributed by atoms with van der Waals surface area (Å²) >= 11 is 1.28. The van der Waals surface area contributed by atoms with Gasteiger partial charge in [0.2, 0.25) is 0 Å². The minimum Gasteiger partial charge on any atom is -0.465 e. The molecule has 0 saturated heterocycles. The van der Waals surface area contributed by atoms with Crippen molar-refractivity contribution in [3.05, 3.63) is 12.5 Å². The van der Waals surface area contributed by atoms with Crippen molar-refractivity contribution in [3.63, 3.8) is 0 Å². The molecule has 0 aliphatic heterocycles. The summed E-state index contributed by atoms with van der Waals surface area (Å²) in [6, 6.07) is 0. The highest BCUT2D eigenvalue weighted by Crippen LogP contribution is 2.20. The van der Waals surface area contributed by atoms with Gasteiger partial charge in [-0.1, -0.05) is 11.8 Å². The van der Waals surface area contributed by atoms with Gasteiger partial charge in [0, 0.05) is 5.75 Å². The van der Waals surface area contributed by atoms with Gasteiger partial charge in [0.25, 0.3) is 5.22 Å². The predicted molar refractivity (Wildman–Crippen MR) is 56.5 cm³/mol. The van der Waals surface area contributed by atoms with Gasteiger partial charge in [-0.2, -0.15) is 0 Å². The monoisotopic (exact) mass is 230 g/mol. The number of nitrogens with two attached hydrogens (primary N) is 1. The van der Waals surface area contributed by atoms with Gasteiger partial charge >= 0.3 is 5.97 Å². The van der Waals surface area contributed by atoms with Crippen LogP contribution in [0.4, 0.5) is 0 Å². The van der Waals surface area contributed by atoms with Crippen molar-refractivity contribution in [2.75, 3.05) is 12.4 Å². The zero-order chi connectivity index (χ0) is 11.3. The Morgan fingerprint density at radius 1 is 1.80 bits per heavy atom. The topological polar surface area (TPSA) is 78.4 Å². The van der Waals surface area contributed by atoms with Gasteiger partial charge in [0.15, 0.2) is 0 Å². The Morgan fingerprint density at radius 3 is 3.07 bits per heavy atom. The lowest BCUT2D eigenvalue weighted by Crippen LogP contribution is -2.48. The molecule has 1 unspecified atom stereocenters. The van der Waals surface area contributed by atoms with E-state index >= 15 is 0 Å². The summed E-state index contributed by atoms with van der Waals surface area (Å²) in [6.07, 6.45) is 3.01. The zero-order valence-electron chi connectivity index (χ0n) is 8.73. The maximum absolute atomic E-state index is 11.4. The summed E-state index contributed by atoms with van der Waals surface area (Å²) in [5.41, 5.74) is 4.78. The van der Waals surface area contributed by atoms with E-state index in [1.54, 1.807) is 20.0 Å². The normalized spacial score (nSPS) is 14.6. The van der Waals surface area contributed by atoms with Crippen molar-refractivity contribution in [3.8, 4) is 0 Å². The van der Waals surface area contributed by atoms with Gasteiger partial charge in [-0.25, -0.2) is 4.98 Å². The van der Waals surface area contributed by atoms with E-state index in [0.29, 0.717) is 17.6 Å². The van der Waals surface area contributed by atoms with E-state index in [4.69, 9.17) is 14.9 Å². The van der Waals surface area contributed by atoms with Crippen LogP contribution in [0.3, 0.4) is 0 Å². The number of ether oxygens (including phenoxy) is 1. The van der Waals surface area contributed by atoms with Gasteiger partial charge in [0.1, 0.15) is 11.8 Å². The third-order valence-corrected chi connectivity index (χ3v) is 2.84. The smallest absolute Gasteiger partial charge is 0.326 e. The van der Waals surface area contributed by atoms with Crippen LogP contribution in [0.1, 0.15) is 13.8 Å². The van der Waals surface area contributed by atoms with Crippen molar-refractivity contribution < 1.29 is 13.9 Å². The SMILES string of the molecule is CCOC(=O)C(C)(N)CSc1ncco1. The summed E-state index contributed by atoms with van der Waals surface area (Å²) in [4.78, 5) is 15.3. The van der Waals surface area contributed by atoms with Crippen LogP contribution in [0.5, 0.6) is 0 Å². The highest BCUT2D eigenvalue weighted by atomic mass is 32.2. The average molecular weight is 230 g/mol. The molecular weight excluding hydrogens is 216 g/mol. The first kappa shape index (κ1) is 12.1. The quantitative estimate of drug-likeness (QED) is 0.601. The van der Waals surface area contributed by atoms with Crippen LogP contribution in [-0.4, -0.2) is 28.9 Å². The van der Waals surface area contributed by atoms with E-state index in [1.165, 1.54) is 18.0 Å². The Morgan fingerprint density at radius 2 is 2.53 bits per heavy atom. The van der Waals surface area contributed by atoms with Gasteiger partial charge in [0.05, 0.1) is 12.8 Å². The molecule has 0 saturated carbocycles. The van der Waals surface area contributed by atoms with Crippen LogP contribution in [0.15, 0.2) is 22.1 Å². The molecular formula is C9H14N2O3S. The van der Waals surface area contributed by atoms with Gasteiger partial charge in [-0.3, -0.25) is 4.79 Å². The second kappa shape index (κ2) is 5.18. The number of thioether (sulfide) groups is 1. The lowest BCUT2D eigenvalue weighted by Gasteiger charge is -2.20. The number of carbonyl (C=O) groups is 1. The highest BCUT2D eigenvalue weighted by molar-refractivity contribution is 7.99. The first-order valence-electron chi connectivity index (χ1n) is 4.54. The number of aromatic nitrogens is 1. The van der Waals surface area contributed by atoms with Gasteiger partial charge < -0.3 is 14.9 Å². The summed E-state index contributed by atoms with van der Waals surface area (Å²) in [6.45, 7) is 3.70. The van der Waals surface area contributed by atoms with E-state index in [-0.39, 0.29) is 0 Å². The molecule has 0 aliphatic carbocycles. The first-order chi connectivity index (χ1) is 7.06. The lowest BCUT2D eigenvalue weighted by atomic mass is 10.1. The Kier molecular flexibility index (Phi) is 4.16. The molecule has 1 atom stereocenters. The van der Waals surface area contributed by atoms with Crippen molar-refractivity contribution in [2.24, 2.45) is 5.73 Å². The molecule has 0 bridgehead atoms. The molecule has 2 N–H and O–H groups in total. The van der Waals surface area contributed by atoms with Crippen LogP contribution in [-0.2, 0) is 9.53 Å². The number of hydrogen-bond donors (Lipinski definition) is 1. The Balaban J connectivity index is 2.45. The van der Waals surface area contributed by atoms with Crippen molar-refractivity contribution in [2.45, 2.75) is 24.6 Å². The molecule has 1 rings (SSSR count). The van der Waals surface area contributed by atoms with Crippen LogP contribution in [0.2, 0.25) is 0 Å². The van der Waals surface area contributed by atoms with E-state index in [0.717, 1.165) is 0 Å². The summed E-state index contributed by atoms with van der Waals surface area (Å²) in [5.74, 6) is -0.0455. The van der Waals surface area contributed by atoms with Crippen molar-refractivity contribution in [1.82, 2.24) is 4.98 Å². The predicted octanol–water partition coefficient (Wildman–Crippen LogP) is 1.05. The van der Waals surface area contributed by atoms with Crippen LogP contribution < -0.4 is 5.73 Å². The molecule has 0 fully saturated rings. The van der Waals surface area contributed by atoms with Crippen LogP contribution in [0.25, 0.3) is 0 Å². The second-order valence-corrected chi connectivity index (χ2v) is 4.15. The fraction of sp³-hybridized carbons (Fsp3) is 0.556. The van der Waals surface area contributed by atoms with E-state index in [2.05, 4.69) is 4.98 Å². The third-order valence-electron chi connectivity index (χ3n) is 1.65. The molecule has 6 heteroatoms. The van der Waals surface area contributed by atoms with Gasteiger partial charge in [-0.15, -0.1) is 0 Å². The highest BCUT2D eigenvalue weighted by Gasteiger charge is 2.30. The Labute approximate surface area is 92.4 Å². The molecule has 0 amide bonds. The summed E-state index contributed by atoms with van der Waals surface area (Å²) in [5, 5.41) is 0.496. The average Bonchev–Trinajstić information content (AvgIpc) is 2.68. The first-order valence-corrected chi connectivity index (χ1v) is 5.53. The second-order valence-electron chi connectivity index (χ2n) is 3.22. The van der Waals surface area contributed by atoms with Crippen molar-refractivity contribution in [1.29, 1.82) is 0 Å². The minimum absolute atomic E-state index is 0.329. The van der Waals surface area contributed by atoms with E-state index < -0.39 is 11.5 Å². The fourth-order valence-corrected chi connectivity index (χ4v) is 1.65. The lowest BCUT2D eigenvalue weighted by molar-refractivity contribution is -0.148. The van der Waals surface area contributed by atoms with Crippen LogP contribution >= 0.6 is 11.8 Å². The number of carbonyl (C=O) groups excluding carboxylic acids is 1. The maximum atomic E-state index is 11.4. The Hall–Kier alpha value is -1.01. The number of rotatable bonds is 5. The molecule has 5 nitrogen and oxygen atoms in total. The summed E-state index contributed by atoms with van der Waals surface area (Å²) in [7, 11) is 0. The number of esters is 1. The fourth-order valence-electron chi connectivity index (χ4n) is 0.848. The van der Waals surface area contributed by atoms with Gasteiger partial charge in [-0.05, 0) is 13.8 Å². The molecule has 1 aromatic heterocycles. The minimum atomic E-state index is -1.02. The number of nitrogens with zero attached hydrogens (tertiary/aromatic N) is 1. The molecule has 0 aliphatic rings. The van der Waals surface area contributed by atoms with Crippen molar-refractivity contribution >= 4 is 17.7 Å². The number of hydrogen-bond acceptors (Lipinski definition) is 6. The van der Waals surface area contributed by atoms with E-state index in [9.17, 15) is 4.79 Å².